The minimum absolute atomic E-state index is 0.0194. The van der Waals surface area contributed by atoms with Crippen molar-refractivity contribution >= 4 is 11.9 Å². The summed E-state index contributed by atoms with van der Waals surface area (Å²) in [7, 11) is 0. The zero-order valence-corrected chi connectivity index (χ0v) is 11.6. The molecule has 1 amide bonds. The molecule has 0 spiro atoms. The highest BCUT2D eigenvalue weighted by Crippen LogP contribution is 2.01. The molecular weight excluding hydrogens is 230 g/mol. The van der Waals surface area contributed by atoms with E-state index in [1.807, 2.05) is 0 Å². The van der Waals surface area contributed by atoms with Crippen LogP contribution in [0.4, 0.5) is 0 Å². The van der Waals surface area contributed by atoms with Gasteiger partial charge in [-0.1, -0.05) is 26.8 Å². The highest BCUT2D eigenvalue weighted by molar-refractivity contribution is 5.86. The van der Waals surface area contributed by atoms with Crippen LogP contribution in [0.3, 0.4) is 0 Å². The third-order valence-corrected chi connectivity index (χ3v) is 2.64. The van der Waals surface area contributed by atoms with Gasteiger partial charge in [0, 0.05) is 19.5 Å². The highest BCUT2D eigenvalue weighted by Gasteiger charge is 2.08. The Morgan fingerprint density at radius 1 is 1.17 bits per heavy atom. The monoisotopic (exact) mass is 255 g/mol. The maximum absolute atomic E-state index is 11.6. The van der Waals surface area contributed by atoms with Crippen LogP contribution in [0.1, 0.15) is 46.0 Å². The number of hydrogen-bond acceptors (Lipinski definition) is 3. The maximum atomic E-state index is 11.6. The Bertz CT molecular complexity index is 264. The zero-order valence-electron chi connectivity index (χ0n) is 11.6. The predicted molar refractivity (Wildman–Crippen MR) is 72.2 cm³/mol. The maximum Gasteiger partial charge on any atom is 0.305 e. The Hall–Kier alpha value is -1.32. The van der Waals surface area contributed by atoms with Crippen molar-refractivity contribution in [1.82, 2.24) is 4.90 Å². The molecule has 0 saturated heterocycles. The topological polar surface area (TPSA) is 46.6 Å². The van der Waals surface area contributed by atoms with Crippen molar-refractivity contribution in [2.45, 2.75) is 46.0 Å². The van der Waals surface area contributed by atoms with Gasteiger partial charge in [-0.15, -0.1) is 0 Å². The first-order chi connectivity index (χ1) is 8.65. The fourth-order valence-electron chi connectivity index (χ4n) is 1.50. The van der Waals surface area contributed by atoms with Crippen molar-refractivity contribution in [2.75, 3.05) is 19.7 Å². The number of amides is 1. The molecule has 0 saturated carbocycles. The highest BCUT2D eigenvalue weighted by atomic mass is 16.5. The van der Waals surface area contributed by atoms with E-state index in [0.29, 0.717) is 19.6 Å². The number of unbranched alkanes of at least 4 members (excludes halogenated alkanes) is 2. The molecule has 0 aromatic carbocycles. The molecule has 4 heteroatoms. The van der Waals surface area contributed by atoms with Gasteiger partial charge in [-0.05, 0) is 25.3 Å². The summed E-state index contributed by atoms with van der Waals surface area (Å²) < 4.78 is 4.98. The van der Waals surface area contributed by atoms with Crippen LogP contribution in [0.5, 0.6) is 0 Å². The van der Waals surface area contributed by atoms with E-state index in [2.05, 4.69) is 13.5 Å². The van der Waals surface area contributed by atoms with Crippen molar-refractivity contribution < 1.29 is 14.3 Å². The van der Waals surface area contributed by atoms with E-state index in [4.69, 9.17) is 4.74 Å². The second-order valence-corrected chi connectivity index (χ2v) is 4.16. The lowest BCUT2D eigenvalue weighted by Gasteiger charge is -2.20. The Kier molecular flexibility index (Phi) is 10.0. The van der Waals surface area contributed by atoms with E-state index in [1.54, 1.807) is 11.8 Å². The van der Waals surface area contributed by atoms with Crippen molar-refractivity contribution in [3.63, 3.8) is 0 Å². The molecule has 0 aromatic rings. The summed E-state index contributed by atoms with van der Waals surface area (Å²) in [6.07, 6.45) is 5.48. The van der Waals surface area contributed by atoms with E-state index in [-0.39, 0.29) is 11.9 Å². The number of ether oxygens (including phenoxy) is 1. The zero-order chi connectivity index (χ0) is 13.8. The fraction of sp³-hybridized carbons (Fsp3) is 0.714. The van der Waals surface area contributed by atoms with Crippen LogP contribution >= 0.6 is 0 Å². The van der Waals surface area contributed by atoms with Crippen LogP contribution in [0.25, 0.3) is 0 Å². The second kappa shape index (κ2) is 10.8. The Balaban J connectivity index is 3.78. The van der Waals surface area contributed by atoms with Gasteiger partial charge in [-0.3, -0.25) is 9.59 Å². The van der Waals surface area contributed by atoms with Gasteiger partial charge in [0.15, 0.2) is 0 Å². The van der Waals surface area contributed by atoms with E-state index in [1.165, 1.54) is 6.08 Å². The first-order valence-electron chi connectivity index (χ1n) is 6.72. The molecule has 104 valence electrons. The standard InChI is InChI=1S/C14H25NO3/c1-4-7-10-15(13(16)5-2)11-8-9-12-18-14(17)6-3/h5H,2,4,6-12H2,1,3H3. The lowest BCUT2D eigenvalue weighted by atomic mass is 10.2. The van der Waals surface area contributed by atoms with Crippen LogP contribution in [-0.4, -0.2) is 36.5 Å². The van der Waals surface area contributed by atoms with Crippen LogP contribution in [0, 0.1) is 0 Å². The SMILES string of the molecule is C=CC(=O)N(CCCC)CCCCOC(=O)CC. The minimum atomic E-state index is -0.167. The molecule has 18 heavy (non-hydrogen) atoms. The summed E-state index contributed by atoms with van der Waals surface area (Å²) >= 11 is 0. The molecule has 0 fully saturated rings. The number of carbonyl (C=O) groups is 2. The first kappa shape index (κ1) is 16.7. The quantitative estimate of drug-likeness (QED) is 0.342. The summed E-state index contributed by atoms with van der Waals surface area (Å²) in [6.45, 7) is 9.30. The number of rotatable bonds is 10. The molecule has 0 rings (SSSR count). The largest absolute Gasteiger partial charge is 0.466 e. The Morgan fingerprint density at radius 2 is 1.83 bits per heavy atom. The molecule has 0 atom stereocenters. The summed E-state index contributed by atoms with van der Waals surface area (Å²) in [4.78, 5) is 24.3. The molecule has 0 aliphatic rings. The third kappa shape index (κ3) is 7.87. The van der Waals surface area contributed by atoms with Gasteiger partial charge >= 0.3 is 5.97 Å². The molecule has 0 unspecified atom stereocenters. The minimum Gasteiger partial charge on any atom is -0.466 e. The van der Waals surface area contributed by atoms with Gasteiger partial charge < -0.3 is 9.64 Å². The lowest BCUT2D eigenvalue weighted by molar-refractivity contribution is -0.143. The number of hydrogen-bond donors (Lipinski definition) is 0. The number of esters is 1. The molecule has 0 bridgehead atoms. The molecule has 0 aliphatic heterocycles. The average Bonchev–Trinajstić information content (AvgIpc) is 2.40. The van der Waals surface area contributed by atoms with Gasteiger partial charge in [-0.2, -0.15) is 0 Å². The van der Waals surface area contributed by atoms with Gasteiger partial charge in [0.05, 0.1) is 6.61 Å². The molecule has 4 nitrogen and oxygen atoms in total. The second-order valence-electron chi connectivity index (χ2n) is 4.16. The van der Waals surface area contributed by atoms with Crippen LogP contribution in [-0.2, 0) is 14.3 Å². The first-order valence-corrected chi connectivity index (χ1v) is 6.72. The molecule has 0 heterocycles. The number of carbonyl (C=O) groups excluding carboxylic acids is 2. The van der Waals surface area contributed by atoms with Crippen LogP contribution in [0.15, 0.2) is 12.7 Å². The number of nitrogens with zero attached hydrogens (tertiary/aromatic N) is 1. The molecule has 0 radical (unpaired) electrons. The third-order valence-electron chi connectivity index (χ3n) is 2.64. The molecule has 0 aromatic heterocycles. The van der Waals surface area contributed by atoms with Crippen LogP contribution in [0.2, 0.25) is 0 Å². The Morgan fingerprint density at radius 3 is 2.39 bits per heavy atom. The molecular formula is C14H25NO3. The molecule has 0 aliphatic carbocycles. The van der Waals surface area contributed by atoms with Gasteiger partial charge in [0.25, 0.3) is 0 Å². The predicted octanol–water partition coefficient (Wildman–Crippen LogP) is 2.53. The average molecular weight is 255 g/mol. The van der Waals surface area contributed by atoms with Gasteiger partial charge in [-0.25, -0.2) is 0 Å². The Labute approximate surface area is 110 Å². The summed E-state index contributed by atoms with van der Waals surface area (Å²) in [6, 6.07) is 0. The van der Waals surface area contributed by atoms with E-state index in [9.17, 15) is 9.59 Å². The van der Waals surface area contributed by atoms with Crippen molar-refractivity contribution in [3.05, 3.63) is 12.7 Å². The van der Waals surface area contributed by atoms with Crippen LogP contribution < -0.4 is 0 Å². The van der Waals surface area contributed by atoms with E-state index >= 15 is 0 Å². The van der Waals surface area contributed by atoms with Gasteiger partial charge in [0.2, 0.25) is 5.91 Å². The van der Waals surface area contributed by atoms with Crippen molar-refractivity contribution in [1.29, 1.82) is 0 Å². The van der Waals surface area contributed by atoms with Crippen molar-refractivity contribution in [3.8, 4) is 0 Å². The van der Waals surface area contributed by atoms with E-state index in [0.717, 1.165) is 32.2 Å². The smallest absolute Gasteiger partial charge is 0.305 e. The lowest BCUT2D eigenvalue weighted by Crippen LogP contribution is -2.31. The fourth-order valence-corrected chi connectivity index (χ4v) is 1.50. The summed E-state index contributed by atoms with van der Waals surface area (Å²) in [5.74, 6) is -0.186. The summed E-state index contributed by atoms with van der Waals surface area (Å²) in [5.41, 5.74) is 0. The van der Waals surface area contributed by atoms with E-state index < -0.39 is 0 Å². The van der Waals surface area contributed by atoms with Gasteiger partial charge in [0.1, 0.15) is 0 Å². The molecule has 0 N–H and O–H groups in total. The normalized spacial score (nSPS) is 9.89. The van der Waals surface area contributed by atoms with Crippen molar-refractivity contribution in [2.24, 2.45) is 0 Å². The summed E-state index contributed by atoms with van der Waals surface area (Å²) in [5, 5.41) is 0.